The minimum atomic E-state index is -0.400. The van der Waals surface area contributed by atoms with Crippen molar-refractivity contribution in [1.82, 2.24) is 10.2 Å². The molecule has 1 fully saturated rings. The van der Waals surface area contributed by atoms with Crippen LogP contribution in [0.5, 0.6) is 0 Å². The van der Waals surface area contributed by atoms with Crippen molar-refractivity contribution in [2.24, 2.45) is 0 Å². The zero-order valence-corrected chi connectivity index (χ0v) is 8.69. The number of nitrogens with zero attached hydrogens (tertiary/aromatic N) is 1. The van der Waals surface area contributed by atoms with Gasteiger partial charge in [0.2, 0.25) is 0 Å². The Hall–Kier alpha value is -0.650. The van der Waals surface area contributed by atoms with E-state index in [4.69, 9.17) is 9.84 Å². The third kappa shape index (κ3) is 2.67. The van der Waals surface area contributed by atoms with E-state index in [9.17, 15) is 4.79 Å². The van der Waals surface area contributed by atoms with Crippen molar-refractivity contribution in [1.29, 1.82) is 0 Å². The molecule has 1 amide bonds. The van der Waals surface area contributed by atoms with Gasteiger partial charge in [0.1, 0.15) is 6.10 Å². The summed E-state index contributed by atoms with van der Waals surface area (Å²) in [5, 5.41) is 12.0. The van der Waals surface area contributed by atoms with Crippen LogP contribution in [0.3, 0.4) is 0 Å². The van der Waals surface area contributed by atoms with Crippen molar-refractivity contribution in [2.45, 2.75) is 19.1 Å². The molecule has 5 nitrogen and oxygen atoms in total. The van der Waals surface area contributed by atoms with E-state index in [0.29, 0.717) is 13.2 Å². The van der Waals surface area contributed by atoms with E-state index in [2.05, 4.69) is 5.32 Å². The fraction of sp³-hybridized carbons (Fsp3) is 0.889. The smallest absolute Gasteiger partial charge is 0.253 e. The lowest BCUT2D eigenvalue weighted by molar-refractivity contribution is -0.146. The van der Waals surface area contributed by atoms with Crippen LogP contribution in [0.15, 0.2) is 0 Å². The highest BCUT2D eigenvalue weighted by Crippen LogP contribution is 2.04. The Balaban J connectivity index is 2.46. The summed E-state index contributed by atoms with van der Waals surface area (Å²) in [6, 6.07) is -0.159. The van der Waals surface area contributed by atoms with E-state index in [1.54, 1.807) is 14.0 Å². The van der Waals surface area contributed by atoms with Crippen molar-refractivity contribution in [3.63, 3.8) is 0 Å². The number of likely N-dealkylation sites (N-methyl/N-ethyl adjacent to an activating group) is 1. The van der Waals surface area contributed by atoms with Crippen molar-refractivity contribution < 1.29 is 14.6 Å². The van der Waals surface area contributed by atoms with E-state index in [1.807, 2.05) is 0 Å². The molecule has 14 heavy (non-hydrogen) atoms. The largest absolute Gasteiger partial charge is 0.394 e. The first-order valence-corrected chi connectivity index (χ1v) is 4.86. The first-order chi connectivity index (χ1) is 6.66. The molecule has 1 aliphatic rings. The summed E-state index contributed by atoms with van der Waals surface area (Å²) in [4.78, 5) is 13.3. The number of morpholine rings is 1. The number of hydrogen-bond acceptors (Lipinski definition) is 4. The van der Waals surface area contributed by atoms with Gasteiger partial charge in [0.25, 0.3) is 5.91 Å². The predicted molar refractivity (Wildman–Crippen MR) is 51.9 cm³/mol. The van der Waals surface area contributed by atoms with E-state index in [-0.39, 0.29) is 18.6 Å². The molecule has 1 saturated heterocycles. The maximum absolute atomic E-state index is 11.7. The number of ether oxygens (including phenoxy) is 1. The van der Waals surface area contributed by atoms with Crippen LogP contribution in [0.25, 0.3) is 0 Å². The van der Waals surface area contributed by atoms with Gasteiger partial charge < -0.3 is 20.1 Å². The normalized spacial score (nSPS) is 24.4. The number of carbonyl (C=O) groups excluding carboxylic acids is 1. The van der Waals surface area contributed by atoms with Crippen LogP contribution in [0.1, 0.15) is 6.92 Å². The SMILES string of the molecule is CC(CO)N(C)C(=O)C1CNCCO1. The van der Waals surface area contributed by atoms with Crippen LogP contribution in [0.2, 0.25) is 0 Å². The molecule has 0 aromatic heterocycles. The fourth-order valence-corrected chi connectivity index (χ4v) is 1.29. The molecule has 0 bridgehead atoms. The number of amides is 1. The Morgan fingerprint density at radius 1 is 1.79 bits per heavy atom. The average Bonchev–Trinajstić information content (AvgIpc) is 2.27. The van der Waals surface area contributed by atoms with Gasteiger partial charge in [-0.1, -0.05) is 0 Å². The second-order valence-electron chi connectivity index (χ2n) is 3.54. The Bertz CT molecular complexity index is 188. The molecule has 5 heteroatoms. The molecule has 2 atom stereocenters. The molecule has 2 unspecified atom stereocenters. The minimum absolute atomic E-state index is 0.0254. The van der Waals surface area contributed by atoms with Gasteiger partial charge >= 0.3 is 0 Å². The summed E-state index contributed by atoms with van der Waals surface area (Å²) < 4.78 is 5.32. The van der Waals surface area contributed by atoms with Gasteiger partial charge in [0.05, 0.1) is 19.3 Å². The van der Waals surface area contributed by atoms with Crippen LogP contribution in [0.4, 0.5) is 0 Å². The van der Waals surface area contributed by atoms with Gasteiger partial charge in [0.15, 0.2) is 0 Å². The van der Waals surface area contributed by atoms with Gasteiger partial charge in [-0.15, -0.1) is 0 Å². The summed E-state index contributed by atoms with van der Waals surface area (Å²) in [5.41, 5.74) is 0. The van der Waals surface area contributed by atoms with Gasteiger partial charge in [-0.25, -0.2) is 0 Å². The number of rotatable bonds is 3. The second-order valence-corrected chi connectivity index (χ2v) is 3.54. The summed E-state index contributed by atoms with van der Waals surface area (Å²) >= 11 is 0. The number of carbonyl (C=O) groups is 1. The second kappa shape index (κ2) is 5.29. The zero-order chi connectivity index (χ0) is 10.6. The van der Waals surface area contributed by atoms with Crippen LogP contribution in [-0.2, 0) is 9.53 Å². The topological polar surface area (TPSA) is 61.8 Å². The monoisotopic (exact) mass is 202 g/mol. The first kappa shape index (κ1) is 11.4. The van der Waals surface area contributed by atoms with Crippen molar-refractivity contribution in [2.75, 3.05) is 33.4 Å². The molecule has 1 rings (SSSR count). The summed E-state index contributed by atoms with van der Waals surface area (Å²) in [5.74, 6) is -0.0706. The highest BCUT2D eigenvalue weighted by molar-refractivity contribution is 5.81. The van der Waals surface area contributed by atoms with Gasteiger partial charge in [-0.2, -0.15) is 0 Å². The number of nitrogens with one attached hydrogen (secondary N) is 1. The Morgan fingerprint density at radius 2 is 2.50 bits per heavy atom. The molecule has 0 aromatic carbocycles. The number of hydrogen-bond donors (Lipinski definition) is 2. The number of aliphatic hydroxyl groups excluding tert-OH is 1. The van der Waals surface area contributed by atoms with Crippen LogP contribution < -0.4 is 5.32 Å². The molecule has 0 aliphatic carbocycles. The van der Waals surface area contributed by atoms with E-state index in [0.717, 1.165) is 6.54 Å². The summed E-state index contributed by atoms with van der Waals surface area (Å²) in [6.45, 7) is 3.69. The third-order valence-corrected chi connectivity index (χ3v) is 2.48. The highest BCUT2D eigenvalue weighted by Gasteiger charge is 2.26. The molecule has 0 spiro atoms. The Kier molecular flexibility index (Phi) is 4.31. The molecule has 1 aliphatic heterocycles. The van der Waals surface area contributed by atoms with Crippen LogP contribution >= 0.6 is 0 Å². The maximum atomic E-state index is 11.7. The van der Waals surface area contributed by atoms with Gasteiger partial charge in [-0.05, 0) is 6.92 Å². The standard InChI is InChI=1S/C9H18N2O3/c1-7(6-12)11(2)9(13)8-5-10-3-4-14-8/h7-8,10,12H,3-6H2,1-2H3. The molecule has 0 saturated carbocycles. The molecular formula is C9H18N2O3. The summed E-state index contributed by atoms with van der Waals surface area (Å²) in [6.07, 6.45) is -0.400. The minimum Gasteiger partial charge on any atom is -0.394 e. The lowest BCUT2D eigenvalue weighted by Crippen LogP contribution is -2.51. The summed E-state index contributed by atoms with van der Waals surface area (Å²) in [7, 11) is 1.68. The molecule has 0 aromatic rings. The lowest BCUT2D eigenvalue weighted by atomic mass is 10.2. The zero-order valence-electron chi connectivity index (χ0n) is 8.69. The van der Waals surface area contributed by atoms with E-state index < -0.39 is 6.10 Å². The van der Waals surface area contributed by atoms with Crippen LogP contribution in [0, 0.1) is 0 Å². The molecule has 0 radical (unpaired) electrons. The third-order valence-electron chi connectivity index (χ3n) is 2.48. The van der Waals surface area contributed by atoms with Crippen molar-refractivity contribution in [3.05, 3.63) is 0 Å². The van der Waals surface area contributed by atoms with Crippen molar-refractivity contribution in [3.8, 4) is 0 Å². The molecule has 1 heterocycles. The first-order valence-electron chi connectivity index (χ1n) is 4.86. The number of aliphatic hydroxyl groups is 1. The Labute approximate surface area is 84.0 Å². The maximum Gasteiger partial charge on any atom is 0.253 e. The van der Waals surface area contributed by atoms with Crippen LogP contribution in [-0.4, -0.2) is 61.4 Å². The average molecular weight is 202 g/mol. The molecule has 2 N–H and O–H groups in total. The van der Waals surface area contributed by atoms with Gasteiger partial charge in [0, 0.05) is 20.1 Å². The fourth-order valence-electron chi connectivity index (χ4n) is 1.29. The molecular weight excluding hydrogens is 184 g/mol. The van der Waals surface area contributed by atoms with Gasteiger partial charge in [-0.3, -0.25) is 4.79 Å². The predicted octanol–water partition coefficient (Wildman–Crippen LogP) is -1.19. The highest BCUT2D eigenvalue weighted by atomic mass is 16.5. The quantitative estimate of drug-likeness (QED) is 0.604. The van der Waals surface area contributed by atoms with Crippen molar-refractivity contribution >= 4 is 5.91 Å². The Morgan fingerprint density at radius 3 is 3.00 bits per heavy atom. The van der Waals surface area contributed by atoms with E-state index >= 15 is 0 Å². The lowest BCUT2D eigenvalue weighted by Gasteiger charge is -2.30. The van der Waals surface area contributed by atoms with E-state index in [1.165, 1.54) is 4.90 Å². The molecule has 82 valence electrons.